The van der Waals surface area contributed by atoms with E-state index in [1.807, 2.05) is 24.8 Å². The van der Waals surface area contributed by atoms with Crippen LogP contribution in [-0.2, 0) is 11.2 Å². The van der Waals surface area contributed by atoms with Gasteiger partial charge in [0.05, 0.1) is 0 Å². The number of carbonyl (C=O) groups excluding carboxylic acids is 1. The van der Waals surface area contributed by atoms with Gasteiger partial charge in [-0.1, -0.05) is 12.1 Å². The van der Waals surface area contributed by atoms with Crippen molar-refractivity contribution in [2.24, 2.45) is 0 Å². The highest BCUT2D eigenvalue weighted by atomic mass is 16.3. The quantitative estimate of drug-likeness (QED) is 0.837. The molecular formula is C16H24N2O2. The van der Waals surface area contributed by atoms with Crippen LogP contribution in [0.2, 0.25) is 0 Å². The summed E-state index contributed by atoms with van der Waals surface area (Å²) in [4.78, 5) is 13.8. The van der Waals surface area contributed by atoms with Crippen molar-refractivity contribution in [3.05, 3.63) is 29.3 Å². The van der Waals surface area contributed by atoms with Gasteiger partial charge >= 0.3 is 0 Å². The Hall–Kier alpha value is -1.55. The van der Waals surface area contributed by atoms with Crippen molar-refractivity contribution in [2.45, 2.75) is 39.2 Å². The molecule has 1 aromatic rings. The topological polar surface area (TPSA) is 52.6 Å². The minimum atomic E-state index is 0.205. The molecule has 4 heteroatoms. The number of phenols is 1. The smallest absolute Gasteiger partial charge is 0.223 e. The second kappa shape index (κ2) is 6.75. The molecule has 1 atom stereocenters. The third-order valence-corrected chi connectivity index (χ3v) is 4.09. The van der Waals surface area contributed by atoms with E-state index in [1.54, 1.807) is 6.07 Å². The minimum absolute atomic E-state index is 0.205. The summed E-state index contributed by atoms with van der Waals surface area (Å²) in [5, 5.41) is 13.3. The van der Waals surface area contributed by atoms with Gasteiger partial charge in [-0.2, -0.15) is 0 Å². The van der Waals surface area contributed by atoms with E-state index in [2.05, 4.69) is 11.4 Å². The highest BCUT2D eigenvalue weighted by Gasteiger charge is 2.24. The Morgan fingerprint density at radius 2 is 2.15 bits per heavy atom. The number of rotatable bonds is 6. The van der Waals surface area contributed by atoms with Gasteiger partial charge < -0.3 is 15.3 Å². The van der Waals surface area contributed by atoms with Crippen LogP contribution in [0.25, 0.3) is 0 Å². The summed E-state index contributed by atoms with van der Waals surface area (Å²) >= 11 is 0. The Morgan fingerprint density at radius 1 is 1.40 bits per heavy atom. The first-order valence-corrected chi connectivity index (χ1v) is 7.49. The molecule has 110 valence electrons. The normalized spacial score (nSPS) is 17.0. The SMILES string of the molecule is CCN(CC)C(=O)CCNC1CCc2c(O)cccc21. The van der Waals surface area contributed by atoms with E-state index < -0.39 is 0 Å². The zero-order chi connectivity index (χ0) is 14.5. The van der Waals surface area contributed by atoms with Crippen molar-refractivity contribution in [1.82, 2.24) is 10.2 Å². The molecule has 1 aromatic carbocycles. The number of hydrogen-bond acceptors (Lipinski definition) is 3. The molecule has 0 fully saturated rings. The number of hydrogen-bond donors (Lipinski definition) is 2. The lowest BCUT2D eigenvalue weighted by atomic mass is 10.1. The summed E-state index contributed by atoms with van der Waals surface area (Å²) in [5.74, 6) is 0.600. The summed E-state index contributed by atoms with van der Waals surface area (Å²) in [7, 11) is 0. The third-order valence-electron chi connectivity index (χ3n) is 4.09. The van der Waals surface area contributed by atoms with Gasteiger partial charge in [0.2, 0.25) is 5.91 Å². The van der Waals surface area contributed by atoms with E-state index in [-0.39, 0.29) is 11.9 Å². The molecule has 1 aliphatic rings. The molecule has 0 saturated heterocycles. The fraction of sp³-hybridized carbons (Fsp3) is 0.562. The molecule has 0 aliphatic heterocycles. The zero-order valence-electron chi connectivity index (χ0n) is 12.4. The Morgan fingerprint density at radius 3 is 2.85 bits per heavy atom. The molecule has 0 bridgehead atoms. The van der Waals surface area contributed by atoms with Gasteiger partial charge in [-0.25, -0.2) is 0 Å². The van der Waals surface area contributed by atoms with Crippen molar-refractivity contribution in [1.29, 1.82) is 0 Å². The second-order valence-electron chi connectivity index (χ2n) is 5.21. The summed E-state index contributed by atoms with van der Waals surface area (Å²) in [6, 6.07) is 5.95. The fourth-order valence-corrected chi connectivity index (χ4v) is 2.93. The van der Waals surface area contributed by atoms with Crippen LogP contribution in [0.1, 0.15) is 43.9 Å². The molecule has 0 spiro atoms. The number of fused-ring (bicyclic) bond motifs is 1. The zero-order valence-corrected chi connectivity index (χ0v) is 12.4. The van der Waals surface area contributed by atoms with E-state index >= 15 is 0 Å². The molecule has 2 N–H and O–H groups in total. The number of carbonyl (C=O) groups is 1. The average Bonchev–Trinajstić information content (AvgIpc) is 2.85. The molecule has 0 heterocycles. The Labute approximate surface area is 120 Å². The highest BCUT2D eigenvalue weighted by Crippen LogP contribution is 2.36. The summed E-state index contributed by atoms with van der Waals surface area (Å²) in [5.41, 5.74) is 2.24. The van der Waals surface area contributed by atoms with Gasteiger partial charge in [-0.15, -0.1) is 0 Å². The molecule has 1 unspecified atom stereocenters. The van der Waals surface area contributed by atoms with Crippen LogP contribution in [0.15, 0.2) is 18.2 Å². The molecule has 2 rings (SSSR count). The van der Waals surface area contributed by atoms with E-state index in [9.17, 15) is 9.90 Å². The van der Waals surface area contributed by atoms with Crippen LogP contribution >= 0.6 is 0 Å². The van der Waals surface area contributed by atoms with E-state index in [0.717, 1.165) is 31.5 Å². The van der Waals surface area contributed by atoms with E-state index in [1.165, 1.54) is 5.56 Å². The van der Waals surface area contributed by atoms with Crippen LogP contribution in [0.4, 0.5) is 0 Å². The van der Waals surface area contributed by atoms with Gasteiger partial charge in [0.15, 0.2) is 0 Å². The molecule has 0 saturated carbocycles. The first kappa shape index (κ1) is 14.9. The molecule has 0 radical (unpaired) electrons. The van der Waals surface area contributed by atoms with Crippen molar-refractivity contribution in [3.8, 4) is 5.75 Å². The summed E-state index contributed by atoms with van der Waals surface area (Å²) < 4.78 is 0. The van der Waals surface area contributed by atoms with Crippen molar-refractivity contribution < 1.29 is 9.90 Å². The van der Waals surface area contributed by atoms with Crippen LogP contribution in [-0.4, -0.2) is 35.5 Å². The highest BCUT2D eigenvalue weighted by molar-refractivity contribution is 5.76. The van der Waals surface area contributed by atoms with E-state index in [0.29, 0.717) is 18.7 Å². The second-order valence-corrected chi connectivity index (χ2v) is 5.21. The Kier molecular flexibility index (Phi) is 5.01. The standard InChI is InChI=1S/C16H24N2O2/c1-3-18(4-2)16(20)10-11-17-14-9-8-13-12(14)6-5-7-15(13)19/h5-7,14,17,19H,3-4,8-11H2,1-2H3. The van der Waals surface area contributed by atoms with Gasteiger partial charge in [0, 0.05) is 32.1 Å². The Bertz CT molecular complexity index is 470. The Balaban J connectivity index is 1.85. The third kappa shape index (κ3) is 3.12. The van der Waals surface area contributed by atoms with Gasteiger partial charge in [-0.3, -0.25) is 4.79 Å². The first-order chi connectivity index (χ1) is 9.67. The number of aromatic hydroxyl groups is 1. The van der Waals surface area contributed by atoms with Crippen molar-refractivity contribution in [2.75, 3.05) is 19.6 Å². The average molecular weight is 276 g/mol. The monoisotopic (exact) mass is 276 g/mol. The van der Waals surface area contributed by atoms with Gasteiger partial charge in [0.1, 0.15) is 5.75 Å². The van der Waals surface area contributed by atoms with Crippen molar-refractivity contribution in [3.63, 3.8) is 0 Å². The van der Waals surface area contributed by atoms with Crippen molar-refractivity contribution >= 4 is 5.91 Å². The largest absolute Gasteiger partial charge is 0.508 e. The lowest BCUT2D eigenvalue weighted by molar-refractivity contribution is -0.130. The lowest BCUT2D eigenvalue weighted by Crippen LogP contribution is -2.33. The van der Waals surface area contributed by atoms with Crippen LogP contribution in [0, 0.1) is 0 Å². The summed E-state index contributed by atoms with van der Waals surface area (Å²) in [6.07, 6.45) is 2.43. The maximum atomic E-state index is 11.9. The molecule has 20 heavy (non-hydrogen) atoms. The molecule has 1 aliphatic carbocycles. The lowest BCUT2D eigenvalue weighted by Gasteiger charge is -2.20. The maximum absolute atomic E-state index is 11.9. The molecule has 0 aromatic heterocycles. The van der Waals surface area contributed by atoms with Gasteiger partial charge in [-0.05, 0) is 43.9 Å². The van der Waals surface area contributed by atoms with Crippen LogP contribution in [0.3, 0.4) is 0 Å². The number of benzene rings is 1. The predicted molar refractivity (Wildman–Crippen MR) is 79.7 cm³/mol. The number of amides is 1. The van der Waals surface area contributed by atoms with Crippen LogP contribution < -0.4 is 5.32 Å². The van der Waals surface area contributed by atoms with Crippen LogP contribution in [0.5, 0.6) is 5.75 Å². The maximum Gasteiger partial charge on any atom is 0.223 e. The number of nitrogens with zero attached hydrogens (tertiary/aromatic N) is 1. The molecule has 4 nitrogen and oxygen atoms in total. The van der Waals surface area contributed by atoms with Gasteiger partial charge in [0.25, 0.3) is 0 Å². The first-order valence-electron chi connectivity index (χ1n) is 7.49. The molecular weight excluding hydrogens is 252 g/mol. The number of nitrogens with one attached hydrogen (secondary N) is 1. The predicted octanol–water partition coefficient (Wildman–Crippen LogP) is 2.23. The fourth-order valence-electron chi connectivity index (χ4n) is 2.93. The minimum Gasteiger partial charge on any atom is -0.508 e. The molecule has 1 amide bonds. The van der Waals surface area contributed by atoms with E-state index in [4.69, 9.17) is 0 Å². The number of phenolic OH excluding ortho intramolecular Hbond substituents is 1. The summed E-state index contributed by atoms with van der Waals surface area (Å²) in [6.45, 7) is 6.25.